The van der Waals surface area contributed by atoms with Crippen molar-refractivity contribution in [2.24, 2.45) is 0 Å². The van der Waals surface area contributed by atoms with Crippen molar-refractivity contribution < 1.29 is 64.6 Å². The second kappa shape index (κ2) is 63.3. The Kier molecular flexibility index (Phi) is 58.0. The molecule has 2 saturated heterocycles. The molecule has 12 atom stereocenters. The summed E-state index contributed by atoms with van der Waals surface area (Å²) in [6.45, 7) is 2.67. The quantitative estimate of drug-likeness (QED) is 0.0204. The third kappa shape index (κ3) is 46.7. The molecular formula is C81H135NO13. The number of unbranched alkanes of at least 4 members (excludes halogenated alkanes) is 25. The summed E-state index contributed by atoms with van der Waals surface area (Å²) < 4.78 is 22.8. The van der Waals surface area contributed by atoms with Gasteiger partial charge in [0.1, 0.15) is 48.8 Å². The molecule has 542 valence electrons. The summed E-state index contributed by atoms with van der Waals surface area (Å²) >= 11 is 0. The highest BCUT2D eigenvalue weighted by molar-refractivity contribution is 5.76. The highest BCUT2D eigenvalue weighted by Gasteiger charge is 2.51. The predicted octanol–water partition coefficient (Wildman–Crippen LogP) is 16.4. The van der Waals surface area contributed by atoms with Crippen LogP contribution in [0.4, 0.5) is 0 Å². The fourth-order valence-electron chi connectivity index (χ4n) is 11.3. The van der Waals surface area contributed by atoms with Gasteiger partial charge in [-0.3, -0.25) is 4.79 Å². The Hall–Kier alpha value is -4.13. The summed E-state index contributed by atoms with van der Waals surface area (Å²) in [4.78, 5) is 13.4. The molecule has 0 bridgehead atoms. The van der Waals surface area contributed by atoms with E-state index < -0.39 is 86.8 Å². The zero-order valence-electron chi connectivity index (χ0n) is 59.1. The van der Waals surface area contributed by atoms with Gasteiger partial charge >= 0.3 is 0 Å². The van der Waals surface area contributed by atoms with Gasteiger partial charge in [-0.05, 0) is 116 Å². The molecule has 9 N–H and O–H groups in total. The number of hydrogen-bond donors (Lipinski definition) is 9. The van der Waals surface area contributed by atoms with Crippen LogP contribution in [0, 0.1) is 0 Å². The van der Waals surface area contributed by atoms with Gasteiger partial charge < -0.3 is 65.1 Å². The number of aliphatic hydroxyl groups is 8. The van der Waals surface area contributed by atoms with E-state index in [-0.39, 0.29) is 18.9 Å². The van der Waals surface area contributed by atoms with E-state index in [9.17, 15) is 45.6 Å². The van der Waals surface area contributed by atoms with Crippen LogP contribution in [-0.2, 0) is 23.7 Å². The summed E-state index contributed by atoms with van der Waals surface area (Å²) in [5, 5.41) is 87.5. The van der Waals surface area contributed by atoms with E-state index in [1.54, 1.807) is 6.08 Å². The molecule has 0 saturated carbocycles. The van der Waals surface area contributed by atoms with Crippen LogP contribution in [0.25, 0.3) is 0 Å². The van der Waals surface area contributed by atoms with Crippen LogP contribution >= 0.6 is 0 Å². The smallest absolute Gasteiger partial charge is 0.220 e. The minimum absolute atomic E-state index is 0.253. The number of aliphatic hydroxyl groups excluding tert-OH is 8. The van der Waals surface area contributed by atoms with Gasteiger partial charge in [-0.1, -0.05) is 288 Å². The van der Waals surface area contributed by atoms with Crippen molar-refractivity contribution in [2.45, 2.75) is 338 Å². The molecule has 0 radical (unpaired) electrons. The maximum absolute atomic E-state index is 13.4. The maximum Gasteiger partial charge on any atom is 0.220 e. The van der Waals surface area contributed by atoms with Crippen molar-refractivity contribution in [1.82, 2.24) is 5.32 Å². The molecule has 0 aliphatic carbocycles. The minimum Gasteiger partial charge on any atom is -0.394 e. The lowest BCUT2D eigenvalue weighted by atomic mass is 9.97. The van der Waals surface area contributed by atoms with Gasteiger partial charge in [0.25, 0.3) is 0 Å². The Morgan fingerprint density at radius 3 is 1.16 bits per heavy atom. The second-order valence-electron chi connectivity index (χ2n) is 25.7. The Bertz CT molecular complexity index is 2160. The lowest BCUT2D eigenvalue weighted by Crippen LogP contribution is -2.65. The molecule has 14 nitrogen and oxygen atoms in total. The zero-order valence-corrected chi connectivity index (χ0v) is 59.1. The number of ether oxygens (including phenoxy) is 4. The van der Waals surface area contributed by atoms with Crippen molar-refractivity contribution >= 4 is 5.91 Å². The number of amides is 1. The van der Waals surface area contributed by atoms with E-state index in [1.807, 2.05) is 6.08 Å². The van der Waals surface area contributed by atoms with E-state index >= 15 is 0 Å². The summed E-state index contributed by atoms with van der Waals surface area (Å²) in [7, 11) is 0. The summed E-state index contributed by atoms with van der Waals surface area (Å²) in [5.74, 6) is -0.264. The Morgan fingerprint density at radius 1 is 0.389 bits per heavy atom. The number of allylic oxidation sites excluding steroid dienone is 23. The zero-order chi connectivity index (χ0) is 68.7. The first-order valence-electron chi connectivity index (χ1n) is 37.6. The van der Waals surface area contributed by atoms with Crippen LogP contribution < -0.4 is 5.32 Å². The van der Waals surface area contributed by atoms with Crippen LogP contribution in [0.3, 0.4) is 0 Å². The van der Waals surface area contributed by atoms with Crippen LogP contribution in [-0.4, -0.2) is 140 Å². The topological polar surface area (TPSA) is 228 Å². The molecule has 0 spiro atoms. The summed E-state index contributed by atoms with van der Waals surface area (Å²) in [6.07, 6.45) is 79.0. The molecular weight excluding hydrogens is 1190 g/mol. The molecule has 2 aliphatic rings. The largest absolute Gasteiger partial charge is 0.394 e. The number of carbonyl (C=O) groups excluding carboxylic acids is 1. The van der Waals surface area contributed by atoms with Gasteiger partial charge in [-0.2, -0.15) is 0 Å². The molecule has 0 aromatic heterocycles. The number of nitrogens with one attached hydrogen (secondary N) is 1. The Labute approximate surface area is 576 Å². The van der Waals surface area contributed by atoms with Crippen LogP contribution in [0.5, 0.6) is 0 Å². The van der Waals surface area contributed by atoms with Crippen LogP contribution in [0.2, 0.25) is 0 Å². The highest BCUT2D eigenvalue weighted by atomic mass is 16.7. The standard InChI is InChI=1S/C81H135NO13/c1-3-5-7-9-11-13-15-17-19-21-23-25-27-29-30-31-32-33-34-35-36-37-38-39-40-41-43-45-47-49-51-53-55-57-59-61-63-65-73(86)82-69(68-92-80-78(91)76(89)79(72(67-84)94-80)95-81-77(90)75(88)74(87)71(66-83)93-81)70(85)64-62-60-58-56-54-52-50-48-46-44-42-28-26-24-22-20-18-16-14-12-10-8-6-4-2/h5,7,11,13,17,19,23,25,29-30,32-33,35-36,38-39,41,43,46,48,54,56,62,64,69-72,74-81,83-85,87-91H,3-4,6,8-10,12,14-16,18,20-22,24,26-28,31,34,37,40,42,44-45,47,49-53,55,57-61,63,65-68H2,1-2H3,(H,82,86)/b7-5-,13-11-,19-17-,25-23-,30-29-,33-32-,36-35-,39-38-,43-41-,48-46+,56-54+,64-62+. The molecule has 2 fully saturated rings. The number of carbonyl (C=O) groups is 1. The average Bonchev–Trinajstić information content (AvgIpc) is 0.927. The van der Waals surface area contributed by atoms with Crippen molar-refractivity contribution in [2.75, 3.05) is 19.8 Å². The number of rotatable bonds is 60. The molecule has 14 heteroatoms. The van der Waals surface area contributed by atoms with E-state index in [4.69, 9.17) is 18.9 Å². The molecule has 12 unspecified atom stereocenters. The van der Waals surface area contributed by atoms with Gasteiger partial charge in [0.05, 0.1) is 32.0 Å². The third-order valence-corrected chi connectivity index (χ3v) is 17.2. The van der Waals surface area contributed by atoms with Crippen molar-refractivity contribution in [3.8, 4) is 0 Å². The monoisotopic (exact) mass is 1330 g/mol. The summed E-state index contributed by atoms with van der Waals surface area (Å²) in [6, 6.07) is -0.954. The SMILES string of the molecule is CC/C=C\C/C=C\C/C=C\C/C=C\C/C=C\C/C=C\C/C=C\C/C=C\C/C=C\CCCCCCCCCCCC(=O)NC(COC1OC(CO)C(OC2OC(CO)C(O)C(O)C2O)C(O)C1O)C(O)/C=C/CC/C=C/CC/C=C/CCCCCCCCCCCCCCCC. The molecule has 0 aromatic rings. The molecule has 95 heavy (non-hydrogen) atoms. The molecule has 2 heterocycles. The van der Waals surface area contributed by atoms with Crippen LogP contribution in [0.15, 0.2) is 146 Å². The lowest BCUT2D eigenvalue weighted by molar-refractivity contribution is -0.359. The van der Waals surface area contributed by atoms with Gasteiger partial charge in [0, 0.05) is 6.42 Å². The maximum atomic E-state index is 13.4. The molecule has 1 amide bonds. The van der Waals surface area contributed by atoms with Crippen molar-refractivity contribution in [3.05, 3.63) is 146 Å². The van der Waals surface area contributed by atoms with E-state index in [1.165, 1.54) is 116 Å². The first-order valence-corrected chi connectivity index (χ1v) is 37.6. The average molecular weight is 1330 g/mol. The third-order valence-electron chi connectivity index (χ3n) is 17.2. The normalized spacial score (nSPS) is 23.2. The fraction of sp³-hybridized carbons (Fsp3) is 0.691. The predicted molar refractivity (Wildman–Crippen MR) is 391 cm³/mol. The summed E-state index contributed by atoms with van der Waals surface area (Å²) in [5.41, 5.74) is 0. The highest BCUT2D eigenvalue weighted by Crippen LogP contribution is 2.30. The van der Waals surface area contributed by atoms with E-state index in [0.717, 1.165) is 116 Å². The van der Waals surface area contributed by atoms with Crippen LogP contribution in [0.1, 0.15) is 264 Å². The Morgan fingerprint density at radius 2 is 0.737 bits per heavy atom. The van der Waals surface area contributed by atoms with E-state index in [0.29, 0.717) is 12.8 Å². The Balaban J connectivity index is 1.68. The first-order chi connectivity index (χ1) is 46.6. The molecule has 0 aromatic carbocycles. The second-order valence-corrected chi connectivity index (χ2v) is 25.7. The molecule has 2 rings (SSSR count). The van der Waals surface area contributed by atoms with Crippen molar-refractivity contribution in [3.63, 3.8) is 0 Å². The van der Waals surface area contributed by atoms with Crippen molar-refractivity contribution in [1.29, 1.82) is 0 Å². The first kappa shape index (κ1) is 87.0. The van der Waals surface area contributed by atoms with Gasteiger partial charge in [-0.25, -0.2) is 0 Å². The molecule has 2 aliphatic heterocycles. The lowest BCUT2D eigenvalue weighted by Gasteiger charge is -2.46. The fourth-order valence-corrected chi connectivity index (χ4v) is 11.3. The van der Waals surface area contributed by atoms with E-state index in [2.05, 4.69) is 153 Å². The number of hydrogen-bond acceptors (Lipinski definition) is 13. The van der Waals surface area contributed by atoms with Gasteiger partial charge in [-0.15, -0.1) is 0 Å². The minimum atomic E-state index is -1.80. The van der Waals surface area contributed by atoms with Gasteiger partial charge in [0.2, 0.25) is 5.91 Å². The van der Waals surface area contributed by atoms with Gasteiger partial charge in [0.15, 0.2) is 12.6 Å².